The van der Waals surface area contributed by atoms with E-state index in [0.29, 0.717) is 28.8 Å². The zero-order valence-electron chi connectivity index (χ0n) is 15.2. The molecule has 1 heterocycles. The van der Waals surface area contributed by atoms with Crippen LogP contribution in [0.1, 0.15) is 23.1 Å². The summed E-state index contributed by atoms with van der Waals surface area (Å²) in [5.74, 6) is -0.184. The summed E-state index contributed by atoms with van der Waals surface area (Å²) >= 11 is 3.31. The first kappa shape index (κ1) is 19.8. The largest absolute Gasteiger partial charge is 0.343 e. The Balaban J connectivity index is 1.66. The van der Waals surface area contributed by atoms with Crippen LogP contribution < -0.4 is 10.9 Å². The molecule has 2 amide bonds. The zero-order chi connectivity index (χ0) is 20.1. The molecular formula is C20H19BrN4O3. The number of likely N-dealkylation sites (N-methyl/N-ethyl adjacent to an activating group) is 1. The number of hydrogen-bond donors (Lipinski definition) is 2. The Labute approximate surface area is 169 Å². The van der Waals surface area contributed by atoms with Crippen LogP contribution in [-0.2, 0) is 11.3 Å². The normalized spacial score (nSPS) is 10.6. The molecular weight excluding hydrogens is 424 g/mol. The van der Waals surface area contributed by atoms with E-state index in [2.05, 4.69) is 31.2 Å². The minimum absolute atomic E-state index is 0.138. The number of rotatable bonds is 6. The third-order valence-electron chi connectivity index (χ3n) is 4.24. The lowest BCUT2D eigenvalue weighted by molar-refractivity contribution is -0.130. The molecule has 2 N–H and O–H groups in total. The van der Waals surface area contributed by atoms with E-state index < -0.39 is 0 Å². The topological polar surface area (TPSA) is 95.2 Å². The number of nitrogens with zero attached hydrogens (tertiary/aromatic N) is 2. The Kier molecular flexibility index (Phi) is 6.20. The first-order chi connectivity index (χ1) is 13.5. The number of aromatic amines is 1. The third kappa shape index (κ3) is 4.64. The molecule has 0 unspecified atom stereocenters. The van der Waals surface area contributed by atoms with Crippen molar-refractivity contribution in [2.75, 3.05) is 13.1 Å². The van der Waals surface area contributed by atoms with Crippen molar-refractivity contribution in [1.29, 1.82) is 0 Å². The molecule has 8 heteroatoms. The molecule has 28 heavy (non-hydrogen) atoms. The summed E-state index contributed by atoms with van der Waals surface area (Å²) in [6.45, 7) is 2.27. The van der Waals surface area contributed by atoms with Crippen LogP contribution in [0.25, 0.3) is 10.9 Å². The maximum Gasteiger partial charge on any atom is 0.258 e. The van der Waals surface area contributed by atoms with Gasteiger partial charge >= 0.3 is 0 Å². The lowest BCUT2D eigenvalue weighted by Gasteiger charge is -2.20. The monoisotopic (exact) mass is 442 g/mol. The van der Waals surface area contributed by atoms with Gasteiger partial charge in [-0.2, -0.15) is 0 Å². The second kappa shape index (κ2) is 8.79. The molecule has 0 fully saturated rings. The first-order valence-corrected chi connectivity index (χ1v) is 9.56. The highest BCUT2D eigenvalue weighted by atomic mass is 79.9. The van der Waals surface area contributed by atoms with Gasteiger partial charge in [0.2, 0.25) is 5.91 Å². The lowest BCUT2D eigenvalue weighted by atomic mass is 10.2. The molecule has 0 aliphatic heterocycles. The van der Waals surface area contributed by atoms with Crippen molar-refractivity contribution < 1.29 is 9.59 Å². The highest BCUT2D eigenvalue weighted by molar-refractivity contribution is 9.10. The lowest BCUT2D eigenvalue weighted by Crippen LogP contribution is -2.40. The Hall–Kier alpha value is -3.00. The number of halogens is 1. The van der Waals surface area contributed by atoms with E-state index in [1.54, 1.807) is 48.5 Å². The molecule has 7 nitrogen and oxygen atoms in total. The average molecular weight is 443 g/mol. The van der Waals surface area contributed by atoms with Gasteiger partial charge < -0.3 is 15.2 Å². The quantitative estimate of drug-likeness (QED) is 0.612. The standard InChI is InChI=1S/C20H19BrN4O3/c1-2-25(12-17-23-16-6-4-3-5-15(16)20(28)24-17)18(26)11-22-19(27)13-7-9-14(21)10-8-13/h3-10H,2,11-12H2,1H3,(H,22,27)(H,23,24,28). The van der Waals surface area contributed by atoms with Crippen LogP contribution in [0.15, 0.2) is 57.8 Å². The summed E-state index contributed by atoms with van der Waals surface area (Å²) in [5, 5.41) is 3.12. The minimum Gasteiger partial charge on any atom is -0.343 e. The molecule has 0 saturated heterocycles. The summed E-state index contributed by atoms with van der Waals surface area (Å²) in [4.78, 5) is 45.5. The Morgan fingerprint density at radius 3 is 2.57 bits per heavy atom. The van der Waals surface area contributed by atoms with Gasteiger partial charge in [-0.25, -0.2) is 4.98 Å². The Morgan fingerprint density at radius 2 is 1.86 bits per heavy atom. The van der Waals surface area contributed by atoms with Crippen molar-refractivity contribution >= 4 is 38.6 Å². The van der Waals surface area contributed by atoms with Gasteiger partial charge in [0.15, 0.2) is 0 Å². The van der Waals surface area contributed by atoms with E-state index in [-0.39, 0.29) is 30.5 Å². The van der Waals surface area contributed by atoms with Crippen molar-refractivity contribution in [3.63, 3.8) is 0 Å². The third-order valence-corrected chi connectivity index (χ3v) is 4.77. The number of benzene rings is 2. The van der Waals surface area contributed by atoms with E-state index in [9.17, 15) is 14.4 Å². The smallest absolute Gasteiger partial charge is 0.258 e. The van der Waals surface area contributed by atoms with E-state index in [4.69, 9.17) is 0 Å². The first-order valence-electron chi connectivity index (χ1n) is 8.77. The van der Waals surface area contributed by atoms with E-state index >= 15 is 0 Å². The maximum atomic E-state index is 12.5. The summed E-state index contributed by atoms with van der Waals surface area (Å²) in [6.07, 6.45) is 0. The number of nitrogens with one attached hydrogen (secondary N) is 2. The van der Waals surface area contributed by atoms with Crippen LogP contribution in [0.2, 0.25) is 0 Å². The number of H-pyrrole nitrogens is 1. The van der Waals surface area contributed by atoms with Gasteiger partial charge in [0.25, 0.3) is 11.5 Å². The summed E-state index contributed by atoms with van der Waals surface area (Å²) < 4.78 is 0.870. The van der Waals surface area contributed by atoms with Crippen LogP contribution in [0.4, 0.5) is 0 Å². The number of carbonyl (C=O) groups excluding carboxylic acids is 2. The zero-order valence-corrected chi connectivity index (χ0v) is 16.8. The van der Waals surface area contributed by atoms with Crippen LogP contribution in [-0.4, -0.2) is 39.8 Å². The molecule has 0 aliphatic rings. The number of fused-ring (bicyclic) bond motifs is 1. The number of carbonyl (C=O) groups is 2. The molecule has 0 atom stereocenters. The second-order valence-electron chi connectivity index (χ2n) is 6.13. The molecule has 0 spiro atoms. The number of hydrogen-bond acceptors (Lipinski definition) is 4. The van der Waals surface area contributed by atoms with Gasteiger partial charge in [0.05, 0.1) is 24.0 Å². The average Bonchev–Trinajstić information content (AvgIpc) is 2.70. The van der Waals surface area contributed by atoms with Crippen LogP contribution in [0.5, 0.6) is 0 Å². The van der Waals surface area contributed by atoms with Crippen molar-refractivity contribution in [3.05, 3.63) is 74.7 Å². The van der Waals surface area contributed by atoms with Crippen LogP contribution in [0.3, 0.4) is 0 Å². The predicted octanol–water partition coefficient (Wildman–Crippen LogP) is 2.46. The molecule has 3 rings (SSSR count). The maximum absolute atomic E-state index is 12.5. The highest BCUT2D eigenvalue weighted by Gasteiger charge is 2.16. The molecule has 144 valence electrons. The molecule has 0 radical (unpaired) electrons. The van der Waals surface area contributed by atoms with Crippen molar-refractivity contribution in [2.45, 2.75) is 13.5 Å². The number of amides is 2. The predicted molar refractivity (Wildman–Crippen MR) is 110 cm³/mol. The molecule has 1 aromatic heterocycles. The Morgan fingerprint density at radius 1 is 1.14 bits per heavy atom. The van der Waals surface area contributed by atoms with Crippen molar-refractivity contribution in [1.82, 2.24) is 20.2 Å². The fourth-order valence-corrected chi connectivity index (χ4v) is 3.00. The van der Waals surface area contributed by atoms with Gasteiger partial charge in [0.1, 0.15) is 5.82 Å². The van der Waals surface area contributed by atoms with Gasteiger partial charge in [-0.05, 0) is 43.3 Å². The summed E-state index contributed by atoms with van der Waals surface area (Å²) in [7, 11) is 0. The summed E-state index contributed by atoms with van der Waals surface area (Å²) in [6, 6.07) is 13.9. The molecule has 0 saturated carbocycles. The second-order valence-corrected chi connectivity index (χ2v) is 7.04. The molecule has 0 aliphatic carbocycles. The fourth-order valence-electron chi connectivity index (χ4n) is 2.74. The molecule has 0 bridgehead atoms. The van der Waals surface area contributed by atoms with Crippen LogP contribution in [0, 0.1) is 0 Å². The number of para-hydroxylation sites is 1. The van der Waals surface area contributed by atoms with Gasteiger partial charge in [-0.15, -0.1) is 0 Å². The summed E-state index contributed by atoms with van der Waals surface area (Å²) in [5.41, 5.74) is 0.806. The number of aromatic nitrogens is 2. The van der Waals surface area contributed by atoms with E-state index in [1.807, 2.05) is 6.92 Å². The fraction of sp³-hybridized carbons (Fsp3) is 0.200. The van der Waals surface area contributed by atoms with Gasteiger partial charge in [-0.1, -0.05) is 28.1 Å². The SMILES string of the molecule is CCN(Cc1nc2ccccc2c(=O)[nH]1)C(=O)CNC(=O)c1ccc(Br)cc1. The van der Waals surface area contributed by atoms with Crippen molar-refractivity contribution in [2.24, 2.45) is 0 Å². The van der Waals surface area contributed by atoms with Gasteiger partial charge in [0, 0.05) is 16.6 Å². The molecule has 2 aromatic carbocycles. The van der Waals surface area contributed by atoms with Crippen molar-refractivity contribution in [3.8, 4) is 0 Å². The van der Waals surface area contributed by atoms with E-state index in [1.165, 1.54) is 4.90 Å². The highest BCUT2D eigenvalue weighted by Crippen LogP contribution is 2.10. The van der Waals surface area contributed by atoms with E-state index in [0.717, 1.165) is 4.47 Å². The van der Waals surface area contributed by atoms with Crippen LogP contribution >= 0.6 is 15.9 Å². The van der Waals surface area contributed by atoms with Gasteiger partial charge in [-0.3, -0.25) is 14.4 Å². The molecule has 3 aromatic rings. The Bertz CT molecular complexity index is 1060. The minimum atomic E-state index is -0.325.